The zero-order chi connectivity index (χ0) is 11.7. The number of nitrogens with zero attached hydrogens (tertiary/aromatic N) is 1. The number of carbonyl (C=O) groups excluding carboxylic acids is 1. The molecule has 0 unspecified atom stereocenters. The van der Waals surface area contributed by atoms with Gasteiger partial charge in [-0.15, -0.1) is 12.4 Å². The predicted molar refractivity (Wildman–Crippen MR) is 70.3 cm³/mol. The van der Waals surface area contributed by atoms with E-state index in [2.05, 4.69) is 4.74 Å². The number of hydrogen-bond acceptors (Lipinski definition) is 3. The highest BCUT2D eigenvalue weighted by Gasteiger charge is 2.15. The van der Waals surface area contributed by atoms with E-state index in [0.717, 1.165) is 16.5 Å². The number of fused-ring (bicyclic) bond motifs is 1. The van der Waals surface area contributed by atoms with Crippen LogP contribution in [0.25, 0.3) is 10.9 Å². The quantitative estimate of drug-likeness (QED) is 0.833. The number of ether oxygens (including phenoxy) is 1. The lowest BCUT2D eigenvalue weighted by Crippen LogP contribution is -2.07. The lowest BCUT2D eigenvalue weighted by Gasteiger charge is -2.00. The summed E-state index contributed by atoms with van der Waals surface area (Å²) in [4.78, 5) is 11.3. The van der Waals surface area contributed by atoms with Gasteiger partial charge in [0.2, 0.25) is 0 Å². The summed E-state index contributed by atoms with van der Waals surface area (Å²) < 4.78 is 6.55. The average molecular weight is 255 g/mol. The first-order valence-corrected chi connectivity index (χ1v) is 5.03. The number of rotatable bonds is 2. The van der Waals surface area contributed by atoms with Gasteiger partial charge >= 0.3 is 5.97 Å². The van der Waals surface area contributed by atoms with E-state index >= 15 is 0 Å². The number of nitrogens with two attached hydrogens (primary N) is 1. The molecule has 0 radical (unpaired) electrons. The van der Waals surface area contributed by atoms with Crippen LogP contribution in [0.5, 0.6) is 0 Å². The Hall–Kier alpha value is -1.68. The van der Waals surface area contributed by atoms with Crippen LogP contribution in [0.3, 0.4) is 0 Å². The monoisotopic (exact) mass is 254 g/mol. The van der Waals surface area contributed by atoms with Crippen LogP contribution in [0.15, 0.2) is 24.3 Å². The third-order valence-electron chi connectivity index (χ3n) is 2.81. The van der Waals surface area contributed by atoms with E-state index in [-0.39, 0.29) is 24.8 Å². The van der Waals surface area contributed by atoms with Crippen LogP contribution in [0.2, 0.25) is 0 Å². The fraction of sp³-hybridized carbons (Fsp3) is 0.250. The topological polar surface area (TPSA) is 57.2 Å². The Balaban J connectivity index is 0.00000144. The summed E-state index contributed by atoms with van der Waals surface area (Å²) >= 11 is 0. The van der Waals surface area contributed by atoms with Gasteiger partial charge < -0.3 is 15.0 Å². The third kappa shape index (κ3) is 2.22. The minimum absolute atomic E-state index is 0. The summed E-state index contributed by atoms with van der Waals surface area (Å²) in [6.07, 6.45) is 0.212. The second-order valence-corrected chi connectivity index (χ2v) is 3.69. The number of nitrogen functional groups attached to an aromatic ring is 1. The van der Waals surface area contributed by atoms with Crippen LogP contribution in [0.4, 0.5) is 5.82 Å². The highest BCUT2D eigenvalue weighted by Crippen LogP contribution is 2.27. The minimum atomic E-state index is -0.275. The van der Waals surface area contributed by atoms with Crippen molar-refractivity contribution in [2.45, 2.75) is 6.42 Å². The fourth-order valence-corrected chi connectivity index (χ4v) is 1.89. The highest BCUT2D eigenvalue weighted by atomic mass is 35.5. The van der Waals surface area contributed by atoms with Crippen LogP contribution < -0.4 is 5.73 Å². The Morgan fingerprint density at radius 2 is 2.06 bits per heavy atom. The van der Waals surface area contributed by atoms with Crippen LogP contribution in [-0.2, 0) is 23.0 Å². The Bertz CT molecular complexity index is 549. The molecule has 0 aliphatic heterocycles. The van der Waals surface area contributed by atoms with Crippen molar-refractivity contribution in [3.8, 4) is 0 Å². The van der Waals surface area contributed by atoms with Crippen LogP contribution in [0, 0.1) is 0 Å². The van der Waals surface area contributed by atoms with Crippen molar-refractivity contribution < 1.29 is 9.53 Å². The summed E-state index contributed by atoms with van der Waals surface area (Å²) in [5.41, 5.74) is 7.84. The minimum Gasteiger partial charge on any atom is -0.469 e. The standard InChI is InChI=1S/C12H14N2O2.ClH/c1-14-10-6-4-3-5-8(10)9(12(14)13)7-11(15)16-2;/h3-6H,7,13H2,1-2H3;1H. The van der Waals surface area contributed by atoms with E-state index in [1.165, 1.54) is 7.11 Å². The zero-order valence-corrected chi connectivity index (χ0v) is 10.6. The molecule has 0 amide bonds. The van der Waals surface area contributed by atoms with Crippen molar-refractivity contribution in [2.24, 2.45) is 7.05 Å². The van der Waals surface area contributed by atoms with Crippen molar-refractivity contribution >= 4 is 35.1 Å². The molecule has 0 saturated carbocycles. The third-order valence-corrected chi connectivity index (χ3v) is 2.81. The molecule has 2 N–H and O–H groups in total. The number of para-hydroxylation sites is 1. The SMILES string of the molecule is COC(=O)Cc1c(N)n(C)c2ccccc12.Cl. The molecule has 1 heterocycles. The first-order chi connectivity index (χ1) is 7.65. The Morgan fingerprint density at radius 3 is 2.71 bits per heavy atom. The number of esters is 1. The van der Waals surface area contributed by atoms with Gasteiger partial charge in [0.05, 0.1) is 13.5 Å². The van der Waals surface area contributed by atoms with Gasteiger partial charge in [-0.3, -0.25) is 4.79 Å². The van der Waals surface area contributed by atoms with E-state index in [4.69, 9.17) is 5.73 Å². The molecule has 0 bridgehead atoms. The summed E-state index contributed by atoms with van der Waals surface area (Å²) in [6.45, 7) is 0. The van der Waals surface area contributed by atoms with Crippen LogP contribution in [-0.4, -0.2) is 17.6 Å². The maximum atomic E-state index is 11.3. The van der Waals surface area contributed by atoms with Crippen molar-refractivity contribution in [2.75, 3.05) is 12.8 Å². The Kier molecular flexibility index (Phi) is 4.02. The van der Waals surface area contributed by atoms with Crippen molar-refractivity contribution in [3.63, 3.8) is 0 Å². The summed E-state index contributed by atoms with van der Waals surface area (Å²) in [5.74, 6) is 0.342. The van der Waals surface area contributed by atoms with Gasteiger partial charge in [0.1, 0.15) is 5.82 Å². The molecule has 1 aromatic carbocycles. The summed E-state index contributed by atoms with van der Waals surface area (Å²) in [6, 6.07) is 7.82. The largest absolute Gasteiger partial charge is 0.469 e. The molecular weight excluding hydrogens is 240 g/mol. The molecule has 0 atom stereocenters. The average Bonchev–Trinajstić information content (AvgIpc) is 2.55. The number of benzene rings is 1. The van der Waals surface area contributed by atoms with Gasteiger partial charge in [-0.1, -0.05) is 18.2 Å². The van der Waals surface area contributed by atoms with Gasteiger partial charge in [-0.25, -0.2) is 0 Å². The maximum Gasteiger partial charge on any atom is 0.310 e. The van der Waals surface area contributed by atoms with Crippen LogP contribution >= 0.6 is 12.4 Å². The van der Waals surface area contributed by atoms with E-state index < -0.39 is 0 Å². The molecule has 0 aliphatic rings. The molecule has 2 aromatic rings. The molecule has 1 aromatic heterocycles. The Morgan fingerprint density at radius 1 is 1.41 bits per heavy atom. The first kappa shape index (κ1) is 13.4. The molecule has 92 valence electrons. The lowest BCUT2D eigenvalue weighted by molar-refractivity contribution is -0.139. The zero-order valence-electron chi connectivity index (χ0n) is 9.77. The van der Waals surface area contributed by atoms with Gasteiger partial charge in [-0.2, -0.15) is 0 Å². The highest BCUT2D eigenvalue weighted by molar-refractivity contribution is 5.92. The smallest absolute Gasteiger partial charge is 0.310 e. The molecule has 2 rings (SSSR count). The number of methoxy groups -OCH3 is 1. The predicted octanol–water partition coefficient (Wildman–Crippen LogP) is 1.90. The van der Waals surface area contributed by atoms with E-state index in [1.807, 2.05) is 35.9 Å². The molecular formula is C12H15ClN2O2. The van der Waals surface area contributed by atoms with Crippen molar-refractivity contribution in [3.05, 3.63) is 29.8 Å². The van der Waals surface area contributed by atoms with Crippen LogP contribution in [0.1, 0.15) is 5.56 Å². The normalized spacial score (nSPS) is 10.0. The molecule has 5 heteroatoms. The van der Waals surface area contributed by atoms with Gasteiger partial charge in [0, 0.05) is 23.5 Å². The number of halogens is 1. The number of anilines is 1. The van der Waals surface area contributed by atoms with Gasteiger partial charge in [0.15, 0.2) is 0 Å². The number of hydrogen-bond donors (Lipinski definition) is 1. The van der Waals surface area contributed by atoms with Crippen molar-refractivity contribution in [1.82, 2.24) is 4.57 Å². The number of aromatic nitrogens is 1. The molecule has 0 fully saturated rings. The molecule has 17 heavy (non-hydrogen) atoms. The summed E-state index contributed by atoms with van der Waals surface area (Å²) in [5, 5.41) is 1.01. The number of aryl methyl sites for hydroxylation is 1. The first-order valence-electron chi connectivity index (χ1n) is 5.03. The molecule has 0 saturated heterocycles. The molecule has 0 spiro atoms. The lowest BCUT2D eigenvalue weighted by atomic mass is 10.1. The van der Waals surface area contributed by atoms with E-state index in [9.17, 15) is 4.79 Å². The van der Waals surface area contributed by atoms with Gasteiger partial charge in [0.25, 0.3) is 0 Å². The van der Waals surface area contributed by atoms with Gasteiger partial charge in [-0.05, 0) is 6.07 Å². The Labute approximate surface area is 106 Å². The second kappa shape index (κ2) is 5.10. The molecule has 4 nitrogen and oxygen atoms in total. The van der Waals surface area contributed by atoms with E-state index in [0.29, 0.717) is 5.82 Å². The summed E-state index contributed by atoms with van der Waals surface area (Å²) in [7, 11) is 3.27. The number of carbonyl (C=O) groups is 1. The molecule has 0 aliphatic carbocycles. The van der Waals surface area contributed by atoms with E-state index in [1.54, 1.807) is 0 Å². The maximum absolute atomic E-state index is 11.3. The van der Waals surface area contributed by atoms with Crippen molar-refractivity contribution in [1.29, 1.82) is 0 Å². The second-order valence-electron chi connectivity index (χ2n) is 3.69. The fourth-order valence-electron chi connectivity index (χ4n) is 1.89.